The molecule has 1 aliphatic heterocycles. The lowest BCUT2D eigenvalue weighted by Gasteiger charge is -2.38. The first-order chi connectivity index (χ1) is 9.25. The van der Waals surface area contributed by atoms with E-state index in [1.807, 2.05) is 25.7 Å². The molecule has 0 aromatic heterocycles. The molecule has 1 fully saturated rings. The van der Waals surface area contributed by atoms with Crippen LogP contribution in [0.1, 0.15) is 53.9 Å². The SMILES string of the molecule is CC(C)C(CCO)NC1CCN(C(=O)C(C)(C)C)CC1. The zero-order valence-electron chi connectivity index (χ0n) is 13.8. The lowest BCUT2D eigenvalue weighted by atomic mass is 9.92. The van der Waals surface area contributed by atoms with Crippen LogP contribution in [-0.4, -0.2) is 47.7 Å². The van der Waals surface area contributed by atoms with Gasteiger partial charge in [0, 0.05) is 37.2 Å². The molecule has 118 valence electrons. The zero-order valence-corrected chi connectivity index (χ0v) is 13.8. The Morgan fingerprint density at radius 1 is 1.30 bits per heavy atom. The highest BCUT2D eigenvalue weighted by Gasteiger charge is 2.31. The van der Waals surface area contributed by atoms with Crippen molar-refractivity contribution >= 4 is 5.91 Å². The third-order valence-electron chi connectivity index (χ3n) is 4.12. The predicted molar refractivity (Wildman–Crippen MR) is 82.5 cm³/mol. The van der Waals surface area contributed by atoms with E-state index in [1.165, 1.54) is 0 Å². The first kappa shape index (κ1) is 17.4. The van der Waals surface area contributed by atoms with Crippen molar-refractivity contribution in [2.75, 3.05) is 19.7 Å². The Morgan fingerprint density at radius 2 is 1.85 bits per heavy atom. The molecule has 1 rings (SSSR count). The summed E-state index contributed by atoms with van der Waals surface area (Å²) in [5, 5.41) is 12.8. The third-order valence-corrected chi connectivity index (χ3v) is 4.12. The van der Waals surface area contributed by atoms with Gasteiger partial charge in [0.05, 0.1) is 0 Å². The van der Waals surface area contributed by atoms with Crippen LogP contribution in [0.2, 0.25) is 0 Å². The minimum Gasteiger partial charge on any atom is -0.396 e. The number of nitrogens with one attached hydrogen (secondary N) is 1. The van der Waals surface area contributed by atoms with Crippen molar-refractivity contribution in [2.24, 2.45) is 11.3 Å². The van der Waals surface area contributed by atoms with Crippen LogP contribution in [0.25, 0.3) is 0 Å². The number of carbonyl (C=O) groups is 1. The number of hydrogen-bond acceptors (Lipinski definition) is 3. The first-order valence-corrected chi connectivity index (χ1v) is 7.92. The van der Waals surface area contributed by atoms with Gasteiger partial charge in [0.1, 0.15) is 0 Å². The van der Waals surface area contributed by atoms with Crippen LogP contribution in [-0.2, 0) is 4.79 Å². The fourth-order valence-electron chi connectivity index (χ4n) is 2.77. The molecule has 1 saturated heterocycles. The molecule has 4 heteroatoms. The lowest BCUT2D eigenvalue weighted by Crippen LogP contribution is -2.51. The predicted octanol–water partition coefficient (Wildman–Crippen LogP) is 2.02. The summed E-state index contributed by atoms with van der Waals surface area (Å²) in [6.07, 6.45) is 2.83. The van der Waals surface area contributed by atoms with E-state index in [1.54, 1.807) is 0 Å². The molecule has 0 aromatic rings. The van der Waals surface area contributed by atoms with Crippen molar-refractivity contribution < 1.29 is 9.90 Å². The highest BCUT2D eigenvalue weighted by Crippen LogP contribution is 2.21. The monoisotopic (exact) mass is 284 g/mol. The van der Waals surface area contributed by atoms with Crippen LogP contribution in [0, 0.1) is 11.3 Å². The molecular weight excluding hydrogens is 252 g/mol. The summed E-state index contributed by atoms with van der Waals surface area (Å²) in [6, 6.07) is 0.841. The Balaban J connectivity index is 2.44. The van der Waals surface area contributed by atoms with Gasteiger partial charge >= 0.3 is 0 Å². The molecule has 0 saturated carbocycles. The van der Waals surface area contributed by atoms with Gasteiger partial charge in [-0.25, -0.2) is 0 Å². The molecule has 0 spiro atoms. The van der Waals surface area contributed by atoms with Crippen LogP contribution in [0.4, 0.5) is 0 Å². The zero-order chi connectivity index (χ0) is 15.3. The topological polar surface area (TPSA) is 52.6 Å². The van der Waals surface area contributed by atoms with Crippen LogP contribution >= 0.6 is 0 Å². The maximum Gasteiger partial charge on any atom is 0.227 e. The first-order valence-electron chi connectivity index (χ1n) is 7.92. The van der Waals surface area contributed by atoms with Gasteiger partial charge in [-0.05, 0) is 25.2 Å². The highest BCUT2D eigenvalue weighted by molar-refractivity contribution is 5.81. The summed E-state index contributed by atoms with van der Waals surface area (Å²) in [6.45, 7) is 12.2. The molecule has 1 atom stereocenters. The minimum atomic E-state index is -0.280. The molecule has 0 aliphatic carbocycles. The van der Waals surface area contributed by atoms with E-state index >= 15 is 0 Å². The second kappa shape index (κ2) is 7.41. The maximum absolute atomic E-state index is 12.2. The lowest BCUT2D eigenvalue weighted by molar-refractivity contribution is -0.140. The van der Waals surface area contributed by atoms with Gasteiger partial charge in [-0.15, -0.1) is 0 Å². The van der Waals surface area contributed by atoms with E-state index in [9.17, 15) is 4.79 Å². The second-order valence-corrected chi connectivity index (χ2v) is 7.35. The Labute approximate surface area is 123 Å². The number of nitrogens with zero attached hydrogens (tertiary/aromatic N) is 1. The largest absolute Gasteiger partial charge is 0.396 e. The van der Waals surface area contributed by atoms with Crippen molar-refractivity contribution in [2.45, 2.75) is 66.0 Å². The van der Waals surface area contributed by atoms with Gasteiger partial charge in [-0.3, -0.25) is 4.79 Å². The van der Waals surface area contributed by atoms with Crippen molar-refractivity contribution in [1.82, 2.24) is 10.2 Å². The van der Waals surface area contributed by atoms with Crippen LogP contribution in [0.15, 0.2) is 0 Å². The van der Waals surface area contributed by atoms with Gasteiger partial charge in [0.25, 0.3) is 0 Å². The van der Waals surface area contributed by atoms with Crippen LogP contribution in [0.5, 0.6) is 0 Å². The van der Waals surface area contributed by atoms with Gasteiger partial charge in [0.2, 0.25) is 5.91 Å². The number of amides is 1. The molecule has 1 unspecified atom stereocenters. The van der Waals surface area contributed by atoms with Gasteiger partial charge in [-0.2, -0.15) is 0 Å². The number of rotatable bonds is 5. The fourth-order valence-corrected chi connectivity index (χ4v) is 2.77. The molecule has 20 heavy (non-hydrogen) atoms. The Bertz CT molecular complexity index is 302. The van der Waals surface area contributed by atoms with E-state index < -0.39 is 0 Å². The van der Waals surface area contributed by atoms with E-state index in [0.29, 0.717) is 18.0 Å². The molecule has 2 N–H and O–H groups in total. The summed E-state index contributed by atoms with van der Waals surface area (Å²) in [4.78, 5) is 14.2. The molecule has 1 heterocycles. The summed E-state index contributed by atoms with van der Waals surface area (Å²) < 4.78 is 0. The summed E-state index contributed by atoms with van der Waals surface area (Å²) in [5.41, 5.74) is -0.280. The number of piperidine rings is 1. The summed E-state index contributed by atoms with van der Waals surface area (Å²) in [5.74, 6) is 0.781. The molecular formula is C16H32N2O2. The standard InChI is InChI=1S/C16H32N2O2/c1-12(2)14(8-11-19)17-13-6-9-18(10-7-13)15(20)16(3,4)5/h12-14,17,19H,6-11H2,1-5H3. The molecule has 1 aliphatic rings. The number of hydrogen-bond donors (Lipinski definition) is 2. The van der Waals surface area contributed by atoms with E-state index in [0.717, 1.165) is 32.4 Å². The average molecular weight is 284 g/mol. The van der Waals surface area contributed by atoms with Gasteiger partial charge in [0.15, 0.2) is 0 Å². The smallest absolute Gasteiger partial charge is 0.227 e. The van der Waals surface area contributed by atoms with Gasteiger partial charge < -0.3 is 15.3 Å². The number of aliphatic hydroxyl groups is 1. The maximum atomic E-state index is 12.2. The average Bonchev–Trinajstić information content (AvgIpc) is 2.37. The number of carbonyl (C=O) groups excluding carboxylic acids is 1. The van der Waals surface area contributed by atoms with Crippen LogP contribution < -0.4 is 5.32 Å². The third kappa shape index (κ3) is 5.06. The van der Waals surface area contributed by atoms with Crippen molar-refractivity contribution in [1.29, 1.82) is 0 Å². The highest BCUT2D eigenvalue weighted by atomic mass is 16.3. The van der Waals surface area contributed by atoms with E-state index in [4.69, 9.17) is 5.11 Å². The minimum absolute atomic E-state index is 0.233. The summed E-state index contributed by atoms with van der Waals surface area (Å²) in [7, 11) is 0. The number of aliphatic hydroxyl groups excluding tert-OH is 1. The summed E-state index contributed by atoms with van der Waals surface area (Å²) >= 11 is 0. The Morgan fingerprint density at radius 3 is 2.25 bits per heavy atom. The Hall–Kier alpha value is -0.610. The second-order valence-electron chi connectivity index (χ2n) is 7.35. The van der Waals surface area contributed by atoms with Gasteiger partial charge in [-0.1, -0.05) is 34.6 Å². The van der Waals surface area contributed by atoms with Crippen molar-refractivity contribution in [3.05, 3.63) is 0 Å². The molecule has 1 amide bonds. The number of likely N-dealkylation sites (tertiary alicyclic amines) is 1. The van der Waals surface area contributed by atoms with Crippen LogP contribution in [0.3, 0.4) is 0 Å². The molecule has 0 bridgehead atoms. The van der Waals surface area contributed by atoms with E-state index in [-0.39, 0.29) is 17.9 Å². The molecule has 4 nitrogen and oxygen atoms in total. The normalized spacial score (nSPS) is 19.4. The quantitative estimate of drug-likeness (QED) is 0.812. The molecule has 0 aromatic carbocycles. The van der Waals surface area contributed by atoms with Crippen molar-refractivity contribution in [3.63, 3.8) is 0 Å². The van der Waals surface area contributed by atoms with Crippen molar-refractivity contribution in [3.8, 4) is 0 Å². The molecule has 0 radical (unpaired) electrons. The van der Waals surface area contributed by atoms with E-state index in [2.05, 4.69) is 19.2 Å². The fraction of sp³-hybridized carbons (Fsp3) is 0.938. The Kier molecular flexibility index (Phi) is 6.46.